The molecule has 0 radical (unpaired) electrons. The summed E-state index contributed by atoms with van der Waals surface area (Å²) in [5.74, 6) is -0.544. The van der Waals surface area contributed by atoms with E-state index in [0.717, 1.165) is 5.56 Å². The number of anilines is 1. The van der Waals surface area contributed by atoms with Crippen LogP contribution in [0.2, 0.25) is 0 Å². The summed E-state index contributed by atoms with van der Waals surface area (Å²) >= 11 is 0. The van der Waals surface area contributed by atoms with Gasteiger partial charge in [-0.05, 0) is 37.5 Å². The maximum atomic E-state index is 13.3. The van der Waals surface area contributed by atoms with Crippen LogP contribution in [0.5, 0.6) is 5.75 Å². The zero-order valence-electron chi connectivity index (χ0n) is 14.7. The highest BCUT2D eigenvalue weighted by Gasteiger charge is 2.48. The molecule has 4 nitrogen and oxygen atoms in total. The zero-order valence-corrected chi connectivity index (χ0v) is 14.7. The second-order valence-electron chi connectivity index (χ2n) is 6.34. The Morgan fingerprint density at radius 1 is 1.36 bits per heavy atom. The molecule has 1 N–H and O–H groups in total. The number of benzene rings is 1. The van der Waals surface area contributed by atoms with Gasteiger partial charge in [0, 0.05) is 23.9 Å². The molecule has 0 spiro atoms. The van der Waals surface area contributed by atoms with Crippen molar-refractivity contribution in [3.63, 3.8) is 0 Å². The van der Waals surface area contributed by atoms with Crippen LogP contribution in [0.15, 0.2) is 17.7 Å². The number of carbonyl (C=O) groups is 1. The van der Waals surface area contributed by atoms with E-state index in [-0.39, 0.29) is 12.4 Å². The summed E-state index contributed by atoms with van der Waals surface area (Å²) in [7, 11) is 0. The molecule has 1 aromatic carbocycles. The van der Waals surface area contributed by atoms with Gasteiger partial charge in [0.2, 0.25) is 6.10 Å². The van der Waals surface area contributed by atoms with Crippen LogP contribution >= 0.6 is 0 Å². The van der Waals surface area contributed by atoms with E-state index in [1.165, 1.54) is 13.0 Å². The number of nitrogens with one attached hydrogen (secondary N) is 1. The molecule has 0 saturated carbocycles. The lowest BCUT2D eigenvalue weighted by molar-refractivity contribution is -0.187. The molecule has 0 aliphatic carbocycles. The molecule has 1 unspecified atom stereocenters. The number of rotatable bonds is 5. The van der Waals surface area contributed by atoms with Gasteiger partial charge in [0.1, 0.15) is 5.75 Å². The Balaban J connectivity index is 2.43. The minimum Gasteiger partial charge on any atom is -0.475 e. The molecule has 2 rings (SSSR count). The number of carbonyl (C=O) groups excluding carboxylic acids is 1. The Morgan fingerprint density at radius 2 is 2.04 bits per heavy atom. The summed E-state index contributed by atoms with van der Waals surface area (Å²) in [6.45, 7) is 8.12. The molecule has 7 heteroatoms. The number of alkyl halides is 3. The number of halogens is 3. The van der Waals surface area contributed by atoms with Gasteiger partial charge in [0.15, 0.2) is 0 Å². The van der Waals surface area contributed by atoms with Crippen molar-refractivity contribution in [2.75, 3.05) is 18.5 Å². The molecular weight excluding hydrogens is 335 g/mol. The number of ether oxygens (including phenoxy) is 2. The normalized spacial score (nSPS) is 16.8. The molecule has 1 aliphatic rings. The maximum absolute atomic E-state index is 13.3. The predicted octanol–water partition coefficient (Wildman–Crippen LogP) is 4.33. The van der Waals surface area contributed by atoms with Crippen molar-refractivity contribution >= 4 is 17.7 Å². The number of aryl methyl sites for hydroxylation is 1. The van der Waals surface area contributed by atoms with E-state index in [4.69, 9.17) is 9.47 Å². The quantitative estimate of drug-likeness (QED) is 0.797. The minimum absolute atomic E-state index is 0.00923. The Hall–Kier alpha value is -2.18. The number of fused-ring (bicyclic) bond motifs is 1. The van der Waals surface area contributed by atoms with Gasteiger partial charge in [-0.15, -0.1) is 0 Å². The van der Waals surface area contributed by atoms with Gasteiger partial charge in [-0.25, -0.2) is 4.79 Å². The Kier molecular flexibility index (Phi) is 5.65. The molecule has 0 bridgehead atoms. The van der Waals surface area contributed by atoms with E-state index in [0.29, 0.717) is 23.7 Å². The first-order chi connectivity index (χ1) is 11.6. The van der Waals surface area contributed by atoms with E-state index in [1.54, 1.807) is 12.1 Å². The topological polar surface area (TPSA) is 47.6 Å². The van der Waals surface area contributed by atoms with Crippen LogP contribution in [0, 0.1) is 12.8 Å². The van der Waals surface area contributed by atoms with Crippen LogP contribution < -0.4 is 10.1 Å². The summed E-state index contributed by atoms with van der Waals surface area (Å²) < 4.78 is 49.9. The minimum atomic E-state index is -4.72. The average molecular weight is 357 g/mol. The third-order valence-electron chi connectivity index (χ3n) is 3.70. The molecule has 0 saturated heterocycles. The van der Waals surface area contributed by atoms with Crippen LogP contribution in [-0.2, 0) is 9.53 Å². The van der Waals surface area contributed by atoms with Gasteiger partial charge < -0.3 is 14.8 Å². The molecule has 0 aromatic heterocycles. The summed E-state index contributed by atoms with van der Waals surface area (Å²) in [6.07, 6.45) is -5.85. The van der Waals surface area contributed by atoms with Gasteiger partial charge in [-0.1, -0.05) is 13.8 Å². The van der Waals surface area contributed by atoms with Gasteiger partial charge in [0.05, 0.1) is 12.2 Å². The van der Waals surface area contributed by atoms with Crippen LogP contribution in [-0.4, -0.2) is 31.4 Å². The van der Waals surface area contributed by atoms with Gasteiger partial charge in [-0.2, -0.15) is 13.2 Å². The average Bonchev–Trinajstić information content (AvgIpc) is 2.50. The number of hydrogen-bond donors (Lipinski definition) is 1. The largest absolute Gasteiger partial charge is 0.475 e. The highest BCUT2D eigenvalue weighted by Crippen LogP contribution is 2.39. The van der Waals surface area contributed by atoms with Crippen LogP contribution in [0.1, 0.15) is 31.9 Å². The lowest BCUT2D eigenvalue weighted by Gasteiger charge is -2.28. The molecule has 0 fully saturated rings. The lowest BCUT2D eigenvalue weighted by atomic mass is 9.99. The van der Waals surface area contributed by atoms with Crippen molar-refractivity contribution in [1.29, 1.82) is 0 Å². The number of hydrogen-bond acceptors (Lipinski definition) is 4. The Bertz CT molecular complexity index is 681. The zero-order chi connectivity index (χ0) is 18.8. The van der Waals surface area contributed by atoms with Crippen molar-refractivity contribution in [3.05, 3.63) is 28.8 Å². The van der Waals surface area contributed by atoms with Crippen molar-refractivity contribution in [2.45, 2.75) is 40.0 Å². The van der Waals surface area contributed by atoms with E-state index >= 15 is 0 Å². The highest BCUT2D eigenvalue weighted by atomic mass is 19.4. The predicted molar refractivity (Wildman–Crippen MR) is 89.6 cm³/mol. The summed E-state index contributed by atoms with van der Waals surface area (Å²) in [4.78, 5) is 11.9. The molecule has 0 amide bonds. The molecular formula is C18H22F3NO3. The SMILES string of the molecule is CCOC(=O)C1=Cc2cc(C)c(NCC(C)C)cc2OC1C(F)(F)F. The van der Waals surface area contributed by atoms with E-state index in [1.807, 2.05) is 20.8 Å². The highest BCUT2D eigenvalue weighted by molar-refractivity contribution is 5.96. The van der Waals surface area contributed by atoms with Gasteiger partial charge in [-0.3, -0.25) is 0 Å². The molecule has 25 heavy (non-hydrogen) atoms. The smallest absolute Gasteiger partial charge is 0.430 e. The first-order valence-electron chi connectivity index (χ1n) is 8.14. The van der Waals surface area contributed by atoms with Crippen LogP contribution in [0.25, 0.3) is 6.08 Å². The van der Waals surface area contributed by atoms with E-state index in [9.17, 15) is 18.0 Å². The van der Waals surface area contributed by atoms with E-state index in [2.05, 4.69) is 5.32 Å². The molecule has 1 atom stereocenters. The fourth-order valence-electron chi connectivity index (χ4n) is 2.49. The Labute approximate surface area is 145 Å². The van der Waals surface area contributed by atoms with Crippen molar-refractivity contribution in [3.8, 4) is 5.75 Å². The standard InChI is InChI=1S/C18H22F3NO3/c1-5-24-17(23)13-7-12-6-11(4)14(22-9-10(2)3)8-15(12)25-16(13)18(19,20)21/h6-8,10,16,22H,5,9H2,1-4H3. The van der Waals surface area contributed by atoms with Crippen LogP contribution in [0.3, 0.4) is 0 Å². The fraction of sp³-hybridized carbons (Fsp3) is 0.500. The second kappa shape index (κ2) is 7.37. The van der Waals surface area contributed by atoms with E-state index < -0.39 is 23.8 Å². The van der Waals surface area contributed by atoms with Crippen molar-refractivity contribution in [2.24, 2.45) is 5.92 Å². The van der Waals surface area contributed by atoms with Gasteiger partial charge in [0.25, 0.3) is 0 Å². The van der Waals surface area contributed by atoms with Crippen LogP contribution in [0.4, 0.5) is 18.9 Å². The summed E-state index contributed by atoms with van der Waals surface area (Å²) in [5.41, 5.74) is 1.45. The molecule has 138 valence electrons. The molecule has 1 aromatic rings. The summed E-state index contributed by atoms with van der Waals surface area (Å²) in [6, 6.07) is 3.24. The van der Waals surface area contributed by atoms with Crippen molar-refractivity contribution < 1.29 is 27.4 Å². The number of esters is 1. The van der Waals surface area contributed by atoms with Gasteiger partial charge >= 0.3 is 12.1 Å². The first kappa shape index (κ1) is 19.1. The maximum Gasteiger partial charge on any atom is 0.430 e. The fourth-order valence-corrected chi connectivity index (χ4v) is 2.49. The Morgan fingerprint density at radius 3 is 2.60 bits per heavy atom. The third-order valence-corrected chi connectivity index (χ3v) is 3.70. The monoisotopic (exact) mass is 357 g/mol. The lowest BCUT2D eigenvalue weighted by Crippen LogP contribution is -2.40. The second-order valence-corrected chi connectivity index (χ2v) is 6.34. The van der Waals surface area contributed by atoms with Crippen molar-refractivity contribution in [1.82, 2.24) is 0 Å². The third kappa shape index (κ3) is 4.46. The summed E-state index contributed by atoms with van der Waals surface area (Å²) in [5, 5.41) is 3.20. The first-order valence-corrected chi connectivity index (χ1v) is 8.14. The molecule has 1 heterocycles. The molecule has 1 aliphatic heterocycles.